The van der Waals surface area contributed by atoms with Crippen LogP contribution in [0.3, 0.4) is 0 Å². The first kappa shape index (κ1) is 16.2. The normalized spacial score (nSPS) is 16.5. The molecule has 1 rings (SSSR count). The molecular formula is C16H24NO3+. The number of hydrogen-bond donors (Lipinski definition) is 1. The maximum absolute atomic E-state index is 11.4. The summed E-state index contributed by atoms with van der Waals surface area (Å²) in [6.45, 7) is 10.8. The second kappa shape index (κ2) is 8.35. The summed E-state index contributed by atoms with van der Waals surface area (Å²) in [7, 11) is 0. The lowest BCUT2D eigenvalue weighted by molar-refractivity contribution is -0.492. The minimum atomic E-state index is -0.383. The van der Waals surface area contributed by atoms with Crippen molar-refractivity contribution in [3.05, 3.63) is 36.0 Å². The van der Waals surface area contributed by atoms with E-state index in [-0.39, 0.29) is 18.8 Å². The van der Waals surface area contributed by atoms with Crippen LogP contribution in [0.4, 0.5) is 4.79 Å². The molecular weight excluding hydrogens is 254 g/mol. The van der Waals surface area contributed by atoms with Crippen LogP contribution in [0.25, 0.3) is 0 Å². The zero-order valence-electron chi connectivity index (χ0n) is 12.6. The molecule has 4 heteroatoms. The summed E-state index contributed by atoms with van der Waals surface area (Å²) in [4.78, 5) is 11.4. The topological polar surface area (TPSA) is 49.6 Å². The number of carbonyl (C=O) groups is 1. The highest BCUT2D eigenvalue weighted by Crippen LogP contribution is 2.12. The van der Waals surface area contributed by atoms with Gasteiger partial charge in [-0.2, -0.15) is 0 Å². The van der Waals surface area contributed by atoms with Crippen LogP contribution in [0.2, 0.25) is 0 Å². The van der Waals surface area contributed by atoms with Crippen LogP contribution in [0.5, 0.6) is 0 Å². The molecule has 0 aromatic carbocycles. The summed E-state index contributed by atoms with van der Waals surface area (Å²) in [5.74, 6) is 0.760. The molecule has 0 atom stereocenters. The molecule has 0 fully saturated rings. The van der Waals surface area contributed by atoms with E-state index in [0.29, 0.717) is 6.54 Å². The van der Waals surface area contributed by atoms with Gasteiger partial charge in [-0.25, -0.2) is 4.79 Å². The lowest BCUT2D eigenvalue weighted by Gasteiger charge is -2.09. The number of carbonyl (C=O) groups excluding carboxylic acids is 2. The molecule has 1 aliphatic rings. The molecule has 1 aliphatic carbocycles. The zero-order chi connectivity index (χ0) is 15.0. The molecule has 0 bridgehead atoms. The van der Waals surface area contributed by atoms with Crippen molar-refractivity contribution in [2.45, 2.75) is 39.7 Å². The summed E-state index contributed by atoms with van der Waals surface area (Å²) in [5.41, 5.74) is 1.70. The molecule has 1 amide bonds. The quantitative estimate of drug-likeness (QED) is 0.461. The average Bonchev–Trinajstić information content (AvgIpc) is 2.39. The van der Waals surface area contributed by atoms with E-state index < -0.39 is 0 Å². The maximum Gasteiger partial charge on any atom is 0.407 e. The predicted octanol–water partition coefficient (Wildman–Crippen LogP) is 3.08. The summed E-state index contributed by atoms with van der Waals surface area (Å²) in [6, 6.07) is 0. The van der Waals surface area contributed by atoms with Crippen LogP contribution >= 0.6 is 0 Å². The Bertz CT molecular complexity index is 445. The van der Waals surface area contributed by atoms with Crippen LogP contribution in [0, 0.1) is 0 Å². The number of rotatable bonds is 6. The molecule has 0 spiro atoms. The summed E-state index contributed by atoms with van der Waals surface area (Å²) < 4.78 is 10.7. The van der Waals surface area contributed by atoms with Crippen molar-refractivity contribution in [2.24, 2.45) is 0 Å². The molecule has 0 saturated carbocycles. The van der Waals surface area contributed by atoms with Gasteiger partial charge in [0.1, 0.15) is 6.61 Å². The van der Waals surface area contributed by atoms with Crippen LogP contribution < -0.4 is 5.32 Å². The van der Waals surface area contributed by atoms with Crippen molar-refractivity contribution in [1.82, 2.24) is 5.32 Å². The van der Waals surface area contributed by atoms with Crippen molar-refractivity contribution in [3.8, 4) is 0 Å². The highest BCUT2D eigenvalue weighted by atomic mass is 16.5. The third kappa shape index (κ3) is 5.87. The minimum absolute atomic E-state index is 0.113. The Hall–Kier alpha value is -1.84. The van der Waals surface area contributed by atoms with Crippen molar-refractivity contribution in [3.63, 3.8) is 0 Å². The van der Waals surface area contributed by atoms with Crippen molar-refractivity contribution < 1.29 is 14.0 Å². The first-order valence-corrected chi connectivity index (χ1v) is 7.05. The van der Waals surface area contributed by atoms with Gasteiger partial charge in [0.2, 0.25) is 0 Å². The standard InChI is InChI=1S/C16H23NO3/c1-5-6-9-17-16(18)19-11-14-7-8-15(13(4)10-14)20-12(2)3/h7-8,10,12H,4-6,9,11H2,1-3H3/p+1. The lowest BCUT2D eigenvalue weighted by Crippen LogP contribution is -2.26. The Balaban J connectivity index is 2.42. The van der Waals surface area contributed by atoms with Gasteiger partial charge < -0.3 is 10.1 Å². The third-order valence-corrected chi connectivity index (χ3v) is 2.66. The summed E-state index contributed by atoms with van der Waals surface area (Å²) >= 11 is 0. The molecule has 0 heterocycles. The number of unbranched alkanes of at least 4 members (excludes halogenated alkanes) is 1. The molecule has 0 aromatic heterocycles. The van der Waals surface area contributed by atoms with E-state index in [2.05, 4.69) is 18.8 Å². The van der Waals surface area contributed by atoms with E-state index in [0.717, 1.165) is 29.8 Å². The average molecular weight is 278 g/mol. The van der Waals surface area contributed by atoms with E-state index in [9.17, 15) is 4.79 Å². The fraction of sp³-hybridized carbons (Fsp3) is 0.500. The Morgan fingerprint density at radius 1 is 1.45 bits per heavy atom. The van der Waals surface area contributed by atoms with Gasteiger partial charge in [0, 0.05) is 26.5 Å². The van der Waals surface area contributed by atoms with E-state index in [4.69, 9.17) is 9.16 Å². The molecule has 0 unspecified atom stereocenters. The van der Waals surface area contributed by atoms with E-state index in [1.165, 1.54) is 0 Å². The van der Waals surface area contributed by atoms with Gasteiger partial charge in [-0.3, -0.25) is 4.42 Å². The summed E-state index contributed by atoms with van der Waals surface area (Å²) in [6.07, 6.45) is 7.34. The first-order chi connectivity index (χ1) is 9.52. The first-order valence-electron chi connectivity index (χ1n) is 7.05. The third-order valence-electron chi connectivity index (χ3n) is 2.66. The predicted molar refractivity (Wildman–Crippen MR) is 80.8 cm³/mol. The van der Waals surface area contributed by atoms with Crippen molar-refractivity contribution >= 4 is 11.9 Å². The summed E-state index contributed by atoms with van der Waals surface area (Å²) in [5, 5.41) is 2.70. The molecule has 110 valence electrons. The molecule has 0 aliphatic heterocycles. The molecule has 4 nitrogen and oxygen atoms in total. The van der Waals surface area contributed by atoms with E-state index >= 15 is 0 Å². The fourth-order valence-corrected chi connectivity index (χ4v) is 1.66. The second-order valence-corrected chi connectivity index (χ2v) is 4.97. The second-order valence-electron chi connectivity index (χ2n) is 4.97. The van der Waals surface area contributed by atoms with Crippen molar-refractivity contribution in [1.29, 1.82) is 0 Å². The Labute approximate surface area is 120 Å². The van der Waals surface area contributed by atoms with Gasteiger partial charge in [-0.15, -0.1) is 0 Å². The fourth-order valence-electron chi connectivity index (χ4n) is 1.66. The van der Waals surface area contributed by atoms with Gasteiger partial charge in [0.25, 0.3) is 6.10 Å². The highest BCUT2D eigenvalue weighted by molar-refractivity contribution is 6.07. The zero-order valence-corrected chi connectivity index (χ0v) is 12.6. The molecule has 0 radical (unpaired) electrons. The number of alkyl carbamates (subject to hydrolysis) is 1. The van der Waals surface area contributed by atoms with Crippen LogP contribution in [0.1, 0.15) is 33.6 Å². The number of nitrogens with one attached hydrogen (secondary N) is 1. The lowest BCUT2D eigenvalue weighted by atomic mass is 10.0. The smallest absolute Gasteiger partial charge is 0.407 e. The molecule has 20 heavy (non-hydrogen) atoms. The number of hydrogen-bond acceptors (Lipinski definition) is 2. The number of ketones is 1. The van der Waals surface area contributed by atoms with Gasteiger partial charge in [0.05, 0.1) is 5.57 Å². The Kier molecular flexibility index (Phi) is 6.77. The van der Waals surface area contributed by atoms with Gasteiger partial charge in [-0.1, -0.05) is 19.9 Å². The Morgan fingerprint density at radius 3 is 2.80 bits per heavy atom. The SMILES string of the molecule is C=C1C=C(COC(=O)NCCCC)C=CC1=[O+]C(C)C. The van der Waals surface area contributed by atoms with Gasteiger partial charge >= 0.3 is 11.9 Å². The Morgan fingerprint density at radius 2 is 2.20 bits per heavy atom. The minimum Gasteiger partial charge on any atom is -0.445 e. The van der Waals surface area contributed by atoms with Crippen LogP contribution in [-0.4, -0.2) is 31.1 Å². The highest BCUT2D eigenvalue weighted by Gasteiger charge is 2.18. The molecule has 0 saturated heterocycles. The largest absolute Gasteiger partial charge is 0.445 e. The van der Waals surface area contributed by atoms with Crippen molar-refractivity contribution in [2.75, 3.05) is 13.2 Å². The monoisotopic (exact) mass is 278 g/mol. The number of amides is 1. The maximum atomic E-state index is 11.4. The number of ether oxygens (including phenoxy) is 1. The number of allylic oxidation sites excluding steroid dienone is 3. The van der Waals surface area contributed by atoms with Crippen LogP contribution in [0.15, 0.2) is 36.0 Å². The molecule has 1 N–H and O–H groups in total. The van der Waals surface area contributed by atoms with E-state index in [1.54, 1.807) is 0 Å². The van der Waals surface area contributed by atoms with E-state index in [1.807, 2.05) is 32.1 Å². The molecule has 0 aromatic rings. The van der Waals surface area contributed by atoms with Gasteiger partial charge in [-0.05, 0) is 24.1 Å². The van der Waals surface area contributed by atoms with Crippen LogP contribution in [-0.2, 0) is 9.16 Å². The van der Waals surface area contributed by atoms with Gasteiger partial charge in [0.15, 0.2) is 0 Å².